The van der Waals surface area contributed by atoms with Gasteiger partial charge in [0, 0.05) is 6.54 Å². The third-order valence-corrected chi connectivity index (χ3v) is 3.54. The van der Waals surface area contributed by atoms with E-state index in [0.717, 1.165) is 0 Å². The third-order valence-electron chi connectivity index (χ3n) is 2.72. The van der Waals surface area contributed by atoms with Gasteiger partial charge in [0.1, 0.15) is 11.4 Å². The summed E-state index contributed by atoms with van der Waals surface area (Å²) in [7, 11) is 0. The number of rotatable bonds is 6. The van der Waals surface area contributed by atoms with Gasteiger partial charge in [0.2, 0.25) is 5.91 Å². The van der Waals surface area contributed by atoms with Crippen LogP contribution in [0.5, 0.6) is 0 Å². The van der Waals surface area contributed by atoms with Gasteiger partial charge in [-0.25, -0.2) is 4.98 Å². The zero-order valence-corrected chi connectivity index (χ0v) is 12.3. The number of hydrogen-bond acceptors (Lipinski definition) is 6. The summed E-state index contributed by atoms with van der Waals surface area (Å²) in [5.74, 6) is -0.714. The molecule has 7 nitrogen and oxygen atoms in total. The first kappa shape index (κ1) is 15.2. The first-order valence-corrected chi connectivity index (χ1v) is 7.34. The first-order valence-electron chi connectivity index (χ1n) is 6.46. The van der Waals surface area contributed by atoms with Gasteiger partial charge in [-0.15, -0.1) is 11.3 Å². The number of fused-ring (bicyclic) bond motifs is 1. The SMILES string of the molecule is CCOC(=O)CCNC(=O)Cn1cnc2sccc2c1=O. The molecule has 2 rings (SSSR count). The molecule has 1 N–H and O–H groups in total. The molecule has 0 saturated heterocycles. The smallest absolute Gasteiger partial charge is 0.307 e. The summed E-state index contributed by atoms with van der Waals surface area (Å²) in [6, 6.07) is 1.69. The van der Waals surface area contributed by atoms with Crippen LogP contribution in [0.2, 0.25) is 0 Å². The third kappa shape index (κ3) is 3.88. The normalized spacial score (nSPS) is 10.5. The first-order chi connectivity index (χ1) is 10.1. The van der Waals surface area contributed by atoms with Crippen LogP contribution in [0.4, 0.5) is 0 Å². The number of nitrogens with zero attached hydrogens (tertiary/aromatic N) is 2. The Morgan fingerprint density at radius 1 is 1.48 bits per heavy atom. The Bertz CT molecular complexity index is 707. The summed E-state index contributed by atoms with van der Waals surface area (Å²) >= 11 is 1.37. The van der Waals surface area contributed by atoms with Crippen LogP contribution < -0.4 is 10.9 Å². The van der Waals surface area contributed by atoms with Crippen molar-refractivity contribution in [3.63, 3.8) is 0 Å². The molecule has 0 aliphatic carbocycles. The van der Waals surface area contributed by atoms with Crippen molar-refractivity contribution in [2.45, 2.75) is 19.9 Å². The van der Waals surface area contributed by atoms with E-state index in [1.807, 2.05) is 0 Å². The largest absolute Gasteiger partial charge is 0.466 e. The van der Waals surface area contributed by atoms with Crippen LogP contribution in [0, 0.1) is 0 Å². The van der Waals surface area contributed by atoms with E-state index < -0.39 is 0 Å². The molecule has 0 spiro atoms. The molecule has 2 aromatic heterocycles. The van der Waals surface area contributed by atoms with Gasteiger partial charge < -0.3 is 10.1 Å². The lowest BCUT2D eigenvalue weighted by atomic mass is 10.4. The second-order valence-electron chi connectivity index (χ2n) is 4.22. The predicted octanol–water partition coefficient (Wildman–Crippen LogP) is 0.527. The maximum atomic E-state index is 12.1. The average Bonchev–Trinajstić information content (AvgIpc) is 2.91. The molecule has 2 heterocycles. The number of aromatic nitrogens is 2. The van der Waals surface area contributed by atoms with Crippen LogP contribution >= 0.6 is 11.3 Å². The fourth-order valence-corrected chi connectivity index (χ4v) is 2.48. The average molecular weight is 309 g/mol. The fourth-order valence-electron chi connectivity index (χ4n) is 1.75. The van der Waals surface area contributed by atoms with Crippen molar-refractivity contribution in [1.82, 2.24) is 14.9 Å². The van der Waals surface area contributed by atoms with Gasteiger partial charge in [-0.3, -0.25) is 19.0 Å². The summed E-state index contributed by atoms with van der Waals surface area (Å²) in [5.41, 5.74) is -0.248. The van der Waals surface area contributed by atoms with Crippen molar-refractivity contribution in [3.8, 4) is 0 Å². The zero-order chi connectivity index (χ0) is 15.2. The van der Waals surface area contributed by atoms with Crippen molar-refractivity contribution >= 4 is 33.4 Å². The van der Waals surface area contributed by atoms with E-state index in [1.165, 1.54) is 22.2 Å². The lowest BCUT2D eigenvalue weighted by Gasteiger charge is -2.07. The molecule has 0 radical (unpaired) electrons. The highest BCUT2D eigenvalue weighted by atomic mass is 32.1. The molecule has 0 unspecified atom stereocenters. The number of nitrogens with one attached hydrogen (secondary N) is 1. The summed E-state index contributed by atoms with van der Waals surface area (Å²) in [6.07, 6.45) is 1.46. The number of esters is 1. The fraction of sp³-hybridized carbons (Fsp3) is 0.385. The highest BCUT2D eigenvalue weighted by Crippen LogP contribution is 2.12. The number of carbonyl (C=O) groups is 2. The van der Waals surface area contributed by atoms with E-state index in [9.17, 15) is 14.4 Å². The monoisotopic (exact) mass is 309 g/mol. The van der Waals surface area contributed by atoms with Gasteiger partial charge >= 0.3 is 5.97 Å². The Kier molecular flexibility index (Phi) is 5.04. The molecule has 0 aliphatic heterocycles. The number of carbonyl (C=O) groups excluding carboxylic acids is 2. The van der Waals surface area contributed by atoms with Crippen LogP contribution in [0.3, 0.4) is 0 Å². The van der Waals surface area contributed by atoms with Crippen molar-refractivity contribution in [1.29, 1.82) is 0 Å². The number of hydrogen-bond donors (Lipinski definition) is 1. The minimum Gasteiger partial charge on any atom is -0.466 e. The summed E-state index contributed by atoms with van der Waals surface area (Å²) in [4.78, 5) is 39.7. The minimum atomic E-state index is -0.365. The second kappa shape index (κ2) is 6.98. The van der Waals surface area contributed by atoms with E-state index in [4.69, 9.17) is 4.74 Å². The predicted molar refractivity (Wildman–Crippen MR) is 78.1 cm³/mol. The minimum absolute atomic E-state index is 0.107. The second-order valence-corrected chi connectivity index (χ2v) is 5.12. The zero-order valence-electron chi connectivity index (χ0n) is 11.5. The Morgan fingerprint density at radius 2 is 2.29 bits per heavy atom. The summed E-state index contributed by atoms with van der Waals surface area (Å²) < 4.78 is 5.99. The molecule has 21 heavy (non-hydrogen) atoms. The molecule has 0 atom stereocenters. The summed E-state index contributed by atoms with van der Waals surface area (Å²) in [6.45, 7) is 2.09. The van der Waals surface area contributed by atoms with Gasteiger partial charge in [0.25, 0.3) is 5.56 Å². The molecule has 0 aromatic carbocycles. The maximum absolute atomic E-state index is 12.1. The van der Waals surface area contributed by atoms with Crippen LogP contribution in [-0.4, -0.2) is 34.6 Å². The summed E-state index contributed by atoms with van der Waals surface area (Å²) in [5, 5.41) is 4.85. The van der Waals surface area contributed by atoms with Gasteiger partial charge in [-0.05, 0) is 18.4 Å². The van der Waals surface area contributed by atoms with Crippen molar-refractivity contribution in [3.05, 3.63) is 28.1 Å². The van der Waals surface area contributed by atoms with Crippen molar-refractivity contribution < 1.29 is 14.3 Å². The lowest BCUT2D eigenvalue weighted by molar-refractivity contribution is -0.143. The molecule has 0 saturated carbocycles. The molecule has 2 aromatic rings. The molecule has 1 amide bonds. The Labute approximate surface area is 124 Å². The van der Waals surface area contributed by atoms with Crippen LogP contribution in [0.15, 0.2) is 22.6 Å². The van der Waals surface area contributed by atoms with Gasteiger partial charge in [-0.2, -0.15) is 0 Å². The van der Waals surface area contributed by atoms with E-state index in [-0.39, 0.29) is 36.9 Å². The van der Waals surface area contributed by atoms with Gasteiger partial charge in [0.15, 0.2) is 0 Å². The number of ether oxygens (including phenoxy) is 1. The Balaban J connectivity index is 1.91. The van der Waals surface area contributed by atoms with Crippen molar-refractivity contribution in [2.24, 2.45) is 0 Å². The maximum Gasteiger partial charge on any atom is 0.307 e. The van der Waals surface area contributed by atoms with E-state index in [0.29, 0.717) is 16.8 Å². The molecule has 0 fully saturated rings. The van der Waals surface area contributed by atoms with E-state index in [1.54, 1.807) is 18.4 Å². The van der Waals surface area contributed by atoms with Crippen LogP contribution in [0.1, 0.15) is 13.3 Å². The Hall–Kier alpha value is -2.22. The van der Waals surface area contributed by atoms with Crippen LogP contribution in [-0.2, 0) is 20.9 Å². The highest BCUT2D eigenvalue weighted by Gasteiger charge is 2.09. The molecule has 0 bridgehead atoms. The van der Waals surface area contributed by atoms with Gasteiger partial charge in [0.05, 0.1) is 24.7 Å². The quantitative estimate of drug-likeness (QED) is 0.786. The van der Waals surface area contributed by atoms with E-state index in [2.05, 4.69) is 10.3 Å². The molecule has 8 heteroatoms. The van der Waals surface area contributed by atoms with E-state index >= 15 is 0 Å². The molecule has 0 aliphatic rings. The van der Waals surface area contributed by atoms with Gasteiger partial charge in [-0.1, -0.05) is 0 Å². The number of thiophene rings is 1. The standard InChI is InChI=1S/C13H15N3O4S/c1-2-20-11(18)3-5-14-10(17)7-16-8-15-12-9(13(16)19)4-6-21-12/h4,6,8H,2-3,5,7H2,1H3,(H,14,17). The highest BCUT2D eigenvalue weighted by molar-refractivity contribution is 7.16. The van der Waals surface area contributed by atoms with Crippen molar-refractivity contribution in [2.75, 3.05) is 13.2 Å². The molecule has 112 valence electrons. The lowest BCUT2D eigenvalue weighted by Crippen LogP contribution is -2.33. The Morgan fingerprint density at radius 3 is 3.05 bits per heavy atom. The van der Waals surface area contributed by atoms with Crippen LogP contribution in [0.25, 0.3) is 10.2 Å². The molecular weight excluding hydrogens is 294 g/mol. The topological polar surface area (TPSA) is 90.3 Å². The number of amides is 1. The molecular formula is C13H15N3O4S.